The second kappa shape index (κ2) is 9.32. The van der Waals surface area contributed by atoms with E-state index >= 15 is 0 Å². The number of anilines is 1. The van der Waals surface area contributed by atoms with Crippen molar-refractivity contribution in [3.63, 3.8) is 0 Å². The molecule has 1 amide bonds. The number of quaternary nitrogens is 2. The molecule has 5 nitrogen and oxygen atoms in total. The van der Waals surface area contributed by atoms with Crippen molar-refractivity contribution in [1.29, 1.82) is 0 Å². The summed E-state index contributed by atoms with van der Waals surface area (Å²) < 4.78 is 0. The van der Waals surface area contributed by atoms with E-state index in [4.69, 9.17) is 11.6 Å². The summed E-state index contributed by atoms with van der Waals surface area (Å²) in [6, 6.07) is 15.0. The molecule has 0 spiro atoms. The van der Waals surface area contributed by atoms with Crippen molar-refractivity contribution >= 4 is 29.0 Å². The molecule has 0 aromatic heterocycles. The van der Waals surface area contributed by atoms with Gasteiger partial charge >= 0.3 is 0 Å². The van der Waals surface area contributed by atoms with Crippen molar-refractivity contribution in [1.82, 2.24) is 0 Å². The first-order valence-electron chi connectivity index (χ1n) is 9.77. The fraction of sp³-hybridized carbons (Fsp3) is 0.364. The standard InChI is InChI=1S/C22H26ClN3O2/c1-16(22(28)24-21-5-3-4-19(14-21)17(2)27)26-12-10-25(11-13-26)15-18-6-8-20(23)9-7-18/h3-9,14,16H,10-13,15H2,1-2H3,(H,24,28)/p+2/t16-/m0/s1. The molecule has 0 unspecified atom stereocenters. The van der Waals surface area contributed by atoms with Crippen LogP contribution in [-0.4, -0.2) is 43.9 Å². The Morgan fingerprint density at radius 3 is 2.39 bits per heavy atom. The van der Waals surface area contributed by atoms with Crippen LogP contribution in [0.1, 0.15) is 29.8 Å². The highest BCUT2D eigenvalue weighted by atomic mass is 35.5. The summed E-state index contributed by atoms with van der Waals surface area (Å²) in [5, 5.41) is 3.72. The summed E-state index contributed by atoms with van der Waals surface area (Å²) in [6.45, 7) is 8.49. The van der Waals surface area contributed by atoms with E-state index in [1.807, 2.05) is 25.1 Å². The summed E-state index contributed by atoms with van der Waals surface area (Å²) in [7, 11) is 0. The third-order valence-corrected chi connectivity index (χ3v) is 5.76. The first kappa shape index (κ1) is 20.5. The molecule has 0 saturated carbocycles. The lowest BCUT2D eigenvalue weighted by atomic mass is 10.1. The summed E-state index contributed by atoms with van der Waals surface area (Å²) in [5.41, 5.74) is 2.58. The molecule has 148 valence electrons. The number of Topliss-reactive ketones (excluding diaryl/α,β-unsaturated/α-hetero) is 1. The van der Waals surface area contributed by atoms with Gasteiger partial charge in [-0.15, -0.1) is 0 Å². The van der Waals surface area contributed by atoms with Crippen LogP contribution in [0.2, 0.25) is 5.02 Å². The zero-order valence-electron chi connectivity index (χ0n) is 16.4. The van der Waals surface area contributed by atoms with Gasteiger partial charge in [0, 0.05) is 21.8 Å². The van der Waals surface area contributed by atoms with E-state index in [1.54, 1.807) is 18.2 Å². The molecule has 0 aliphatic carbocycles. The van der Waals surface area contributed by atoms with Crippen LogP contribution < -0.4 is 15.1 Å². The Hall–Kier alpha value is -2.21. The van der Waals surface area contributed by atoms with Gasteiger partial charge in [-0.25, -0.2) is 0 Å². The molecule has 3 N–H and O–H groups in total. The molecule has 1 atom stereocenters. The van der Waals surface area contributed by atoms with Gasteiger partial charge in [-0.3, -0.25) is 9.59 Å². The molecule has 6 heteroatoms. The smallest absolute Gasteiger partial charge is 0.282 e. The molecule has 1 fully saturated rings. The van der Waals surface area contributed by atoms with Crippen molar-refractivity contribution in [3.8, 4) is 0 Å². The van der Waals surface area contributed by atoms with E-state index in [0.29, 0.717) is 11.3 Å². The van der Waals surface area contributed by atoms with Crippen LogP contribution in [0.5, 0.6) is 0 Å². The second-order valence-corrected chi connectivity index (χ2v) is 8.00. The van der Waals surface area contributed by atoms with Gasteiger partial charge in [0.05, 0.1) is 0 Å². The minimum absolute atomic E-state index is 0.00291. The minimum Gasteiger partial charge on any atom is -0.322 e. The maximum atomic E-state index is 12.7. The Morgan fingerprint density at radius 2 is 1.75 bits per heavy atom. The summed E-state index contributed by atoms with van der Waals surface area (Å²) in [4.78, 5) is 27.0. The van der Waals surface area contributed by atoms with Gasteiger partial charge in [0.1, 0.15) is 32.7 Å². The van der Waals surface area contributed by atoms with Crippen molar-refractivity contribution in [2.75, 3.05) is 31.5 Å². The number of benzene rings is 2. The van der Waals surface area contributed by atoms with E-state index in [1.165, 1.54) is 22.3 Å². The molecule has 0 bridgehead atoms. The van der Waals surface area contributed by atoms with Crippen molar-refractivity contribution in [2.24, 2.45) is 0 Å². The Morgan fingerprint density at radius 1 is 1.07 bits per heavy atom. The highest BCUT2D eigenvalue weighted by Crippen LogP contribution is 2.11. The maximum absolute atomic E-state index is 12.7. The van der Waals surface area contributed by atoms with Crippen LogP contribution in [0.15, 0.2) is 48.5 Å². The van der Waals surface area contributed by atoms with Gasteiger partial charge in [-0.1, -0.05) is 35.9 Å². The highest BCUT2D eigenvalue weighted by molar-refractivity contribution is 6.30. The van der Waals surface area contributed by atoms with Gasteiger partial charge < -0.3 is 15.1 Å². The predicted octanol–water partition coefficient (Wildman–Crippen LogP) is 0.853. The second-order valence-electron chi connectivity index (χ2n) is 7.56. The number of nitrogens with one attached hydrogen (secondary N) is 3. The van der Waals surface area contributed by atoms with Crippen LogP contribution in [0.3, 0.4) is 0 Å². The molecule has 1 aliphatic heterocycles. The SMILES string of the molecule is CC(=O)c1cccc(NC(=O)[C@H](C)[NH+]2CC[NH+](Cc3ccc(Cl)cc3)CC2)c1. The van der Waals surface area contributed by atoms with Gasteiger partial charge in [-0.2, -0.15) is 0 Å². The fourth-order valence-corrected chi connectivity index (χ4v) is 3.80. The summed E-state index contributed by atoms with van der Waals surface area (Å²) in [6.07, 6.45) is 0. The lowest BCUT2D eigenvalue weighted by Crippen LogP contribution is -3.29. The number of carbonyl (C=O) groups is 2. The quantitative estimate of drug-likeness (QED) is 0.629. The first-order valence-corrected chi connectivity index (χ1v) is 10.1. The van der Waals surface area contributed by atoms with Crippen molar-refractivity contribution in [3.05, 3.63) is 64.7 Å². The van der Waals surface area contributed by atoms with Crippen molar-refractivity contribution < 1.29 is 19.4 Å². The Labute approximate surface area is 171 Å². The highest BCUT2D eigenvalue weighted by Gasteiger charge is 2.31. The molecule has 1 aliphatic rings. The largest absolute Gasteiger partial charge is 0.322 e. The molecule has 3 rings (SSSR count). The lowest BCUT2D eigenvalue weighted by Gasteiger charge is -2.32. The molecular weight excluding hydrogens is 374 g/mol. The number of amides is 1. The average molecular weight is 402 g/mol. The summed E-state index contributed by atoms with van der Waals surface area (Å²) >= 11 is 5.96. The number of ketones is 1. The third kappa shape index (κ3) is 5.41. The Kier molecular flexibility index (Phi) is 6.83. The maximum Gasteiger partial charge on any atom is 0.282 e. The van der Waals surface area contributed by atoms with E-state index in [9.17, 15) is 9.59 Å². The van der Waals surface area contributed by atoms with E-state index in [-0.39, 0.29) is 17.7 Å². The van der Waals surface area contributed by atoms with Crippen molar-refractivity contribution in [2.45, 2.75) is 26.4 Å². The van der Waals surface area contributed by atoms with Crippen LogP contribution in [-0.2, 0) is 11.3 Å². The lowest BCUT2D eigenvalue weighted by molar-refractivity contribution is -1.02. The van der Waals surface area contributed by atoms with Crippen LogP contribution in [0, 0.1) is 0 Å². The molecule has 2 aromatic rings. The normalized spacial score (nSPS) is 20.4. The number of hydrogen-bond donors (Lipinski definition) is 3. The predicted molar refractivity (Wildman–Crippen MR) is 111 cm³/mol. The monoisotopic (exact) mass is 401 g/mol. The Bertz CT molecular complexity index is 830. The van der Waals surface area contributed by atoms with Crippen LogP contribution >= 0.6 is 11.6 Å². The van der Waals surface area contributed by atoms with Gasteiger partial charge in [0.25, 0.3) is 5.91 Å². The van der Waals surface area contributed by atoms with E-state index < -0.39 is 0 Å². The summed E-state index contributed by atoms with van der Waals surface area (Å²) in [5.74, 6) is -0.00795. The number of hydrogen-bond acceptors (Lipinski definition) is 2. The number of carbonyl (C=O) groups excluding carboxylic acids is 2. The zero-order valence-corrected chi connectivity index (χ0v) is 17.2. The van der Waals surface area contributed by atoms with E-state index in [0.717, 1.165) is 37.7 Å². The third-order valence-electron chi connectivity index (χ3n) is 5.51. The van der Waals surface area contributed by atoms with Crippen LogP contribution in [0.25, 0.3) is 0 Å². The molecule has 2 aromatic carbocycles. The zero-order chi connectivity index (χ0) is 20.1. The molecule has 0 radical (unpaired) electrons. The number of piperazine rings is 1. The number of halogens is 1. The van der Waals surface area contributed by atoms with Gasteiger partial charge in [-0.05, 0) is 38.1 Å². The van der Waals surface area contributed by atoms with Crippen LogP contribution in [0.4, 0.5) is 5.69 Å². The molecular formula is C22H28ClN3O2+2. The van der Waals surface area contributed by atoms with Gasteiger partial charge in [0.2, 0.25) is 0 Å². The molecule has 28 heavy (non-hydrogen) atoms. The average Bonchev–Trinajstić information content (AvgIpc) is 2.70. The molecule has 1 heterocycles. The fourth-order valence-electron chi connectivity index (χ4n) is 3.68. The Balaban J connectivity index is 1.50. The topological polar surface area (TPSA) is 55.0 Å². The van der Waals surface area contributed by atoms with Gasteiger partial charge in [0.15, 0.2) is 11.8 Å². The number of rotatable bonds is 6. The van der Waals surface area contributed by atoms with E-state index in [2.05, 4.69) is 17.4 Å². The minimum atomic E-state index is -0.127. The first-order chi connectivity index (χ1) is 13.4. The molecule has 1 saturated heterocycles.